The highest BCUT2D eigenvalue weighted by Gasteiger charge is 2.79. The molecule has 7 rings (SSSR count). The van der Waals surface area contributed by atoms with E-state index in [4.69, 9.17) is 9.47 Å². The SMILES string of the molecule is CC1(C)COC2(CCC3=C4[C@@H](CC[C@@]3(O)C2)[C@@H]2CC[C@@](O)(C(F)(F)C(F)(F)F)[C@@]2(C)C[C@@H]4c2ccc(/C=C/c3ccccn3)cc2)OC1. The van der Waals surface area contributed by atoms with Crippen molar-refractivity contribution < 1.29 is 41.6 Å². The number of rotatable bonds is 4. The first-order valence-corrected chi connectivity index (χ1v) is 17.0. The van der Waals surface area contributed by atoms with Gasteiger partial charge in [-0.25, -0.2) is 0 Å². The van der Waals surface area contributed by atoms with E-state index in [1.807, 2.05) is 54.6 Å². The molecular weight excluding hydrogens is 629 g/mol. The number of benzene rings is 1. The Morgan fingerprint density at radius 1 is 0.875 bits per heavy atom. The molecule has 260 valence electrons. The van der Waals surface area contributed by atoms with Crippen LogP contribution in [0.3, 0.4) is 0 Å². The zero-order chi connectivity index (χ0) is 34.4. The molecule has 0 bridgehead atoms. The van der Waals surface area contributed by atoms with E-state index in [9.17, 15) is 23.4 Å². The second kappa shape index (κ2) is 11.2. The summed E-state index contributed by atoms with van der Waals surface area (Å²) in [4.78, 5) is 4.30. The molecule has 10 heteroatoms. The molecule has 3 saturated carbocycles. The summed E-state index contributed by atoms with van der Waals surface area (Å²) in [5.74, 6) is -7.73. The second-order valence-electron chi connectivity index (χ2n) is 15.9. The van der Waals surface area contributed by atoms with Gasteiger partial charge < -0.3 is 19.7 Å². The van der Waals surface area contributed by atoms with Crippen molar-refractivity contribution in [1.29, 1.82) is 0 Å². The van der Waals surface area contributed by atoms with Gasteiger partial charge in [0.1, 0.15) is 5.60 Å². The molecule has 1 aromatic heterocycles. The Balaban J connectivity index is 1.30. The molecule has 4 fully saturated rings. The van der Waals surface area contributed by atoms with Crippen molar-refractivity contribution in [3.05, 3.63) is 76.6 Å². The largest absolute Gasteiger partial charge is 0.456 e. The van der Waals surface area contributed by atoms with Crippen molar-refractivity contribution >= 4 is 12.2 Å². The van der Waals surface area contributed by atoms with Gasteiger partial charge in [0.15, 0.2) is 5.79 Å². The van der Waals surface area contributed by atoms with Crippen LogP contribution in [0, 0.1) is 22.7 Å². The molecule has 4 aliphatic carbocycles. The minimum atomic E-state index is -5.89. The van der Waals surface area contributed by atoms with Gasteiger partial charge in [-0.1, -0.05) is 62.8 Å². The number of pyridine rings is 1. The summed E-state index contributed by atoms with van der Waals surface area (Å²) in [6, 6.07) is 13.2. The average Bonchev–Trinajstić information content (AvgIpc) is 3.32. The summed E-state index contributed by atoms with van der Waals surface area (Å²) in [6.45, 7) is 6.54. The topological polar surface area (TPSA) is 71.8 Å². The average molecular weight is 674 g/mol. The highest BCUT2D eigenvalue weighted by atomic mass is 19.4. The van der Waals surface area contributed by atoms with Gasteiger partial charge in [-0.15, -0.1) is 0 Å². The van der Waals surface area contributed by atoms with Crippen LogP contribution in [0.4, 0.5) is 22.0 Å². The Labute approximate surface area is 278 Å². The minimum Gasteiger partial charge on any atom is -0.385 e. The molecule has 2 N–H and O–H groups in total. The van der Waals surface area contributed by atoms with E-state index in [1.54, 1.807) is 6.20 Å². The standard InChI is InChI=1S/C38H44F5NO4/c1-32(2)22-47-35(48-23-32)17-14-30-31-27(13-16-34(30,45)21-35)29-15-18-36(46,37(39,40)38(41,42)43)33(29,3)20-28(31)25-10-7-24(8-11-25)9-12-26-6-4-5-19-44-26/h4-12,19,27-29,45-46H,13-18,20-23H2,1-3H3/b12-9+/t27-,28+,29-,33-,34+,36-/m0/s1. The van der Waals surface area contributed by atoms with E-state index in [-0.39, 0.29) is 30.6 Å². The van der Waals surface area contributed by atoms with Crippen LogP contribution in [0.2, 0.25) is 0 Å². The third kappa shape index (κ3) is 5.19. The van der Waals surface area contributed by atoms with E-state index in [2.05, 4.69) is 18.8 Å². The molecule has 0 radical (unpaired) electrons. The molecule has 1 saturated heterocycles. The van der Waals surface area contributed by atoms with Crippen LogP contribution < -0.4 is 0 Å². The number of ether oxygens (including phenoxy) is 2. The van der Waals surface area contributed by atoms with Gasteiger partial charge in [0.25, 0.3) is 0 Å². The van der Waals surface area contributed by atoms with Crippen molar-refractivity contribution in [3.63, 3.8) is 0 Å². The Bertz CT molecular complexity index is 1590. The molecule has 0 amide bonds. The lowest BCUT2D eigenvalue weighted by atomic mass is 9.49. The third-order valence-corrected chi connectivity index (χ3v) is 12.4. The summed E-state index contributed by atoms with van der Waals surface area (Å²) in [6.07, 6.45) is 0.834. The molecule has 1 aromatic carbocycles. The van der Waals surface area contributed by atoms with Gasteiger partial charge in [0.05, 0.1) is 24.5 Å². The number of hydrogen-bond donors (Lipinski definition) is 2. The Hall–Kier alpha value is -2.66. The fourth-order valence-electron chi connectivity index (χ4n) is 9.80. The predicted molar refractivity (Wildman–Crippen MR) is 171 cm³/mol. The Morgan fingerprint density at radius 2 is 1.58 bits per heavy atom. The van der Waals surface area contributed by atoms with Crippen LogP contribution in [-0.4, -0.2) is 57.5 Å². The third-order valence-electron chi connectivity index (χ3n) is 12.4. The zero-order valence-corrected chi connectivity index (χ0v) is 27.6. The van der Waals surface area contributed by atoms with Gasteiger partial charge in [0, 0.05) is 35.8 Å². The number of alkyl halides is 5. The summed E-state index contributed by atoms with van der Waals surface area (Å²) < 4.78 is 85.2. The van der Waals surface area contributed by atoms with Gasteiger partial charge in [-0.05, 0) is 85.3 Å². The normalized spacial score (nSPS) is 36.2. The molecule has 6 atom stereocenters. The van der Waals surface area contributed by atoms with Gasteiger partial charge in [0.2, 0.25) is 0 Å². The first-order chi connectivity index (χ1) is 22.4. The summed E-state index contributed by atoms with van der Waals surface area (Å²) >= 11 is 0. The molecule has 5 aliphatic rings. The molecule has 48 heavy (non-hydrogen) atoms. The lowest BCUT2D eigenvalue weighted by molar-refractivity contribution is -0.362. The molecule has 2 heterocycles. The van der Waals surface area contributed by atoms with E-state index in [1.165, 1.54) is 6.92 Å². The fraction of sp³-hybridized carbons (Fsp3) is 0.605. The number of aliphatic hydroxyl groups is 2. The van der Waals surface area contributed by atoms with Crippen molar-refractivity contribution in [1.82, 2.24) is 4.98 Å². The maximum absolute atomic E-state index is 15.4. The van der Waals surface area contributed by atoms with Gasteiger partial charge in [-0.3, -0.25) is 4.98 Å². The lowest BCUT2D eigenvalue weighted by Gasteiger charge is -2.59. The quantitative estimate of drug-likeness (QED) is 0.252. The highest BCUT2D eigenvalue weighted by molar-refractivity contribution is 5.68. The first kappa shape index (κ1) is 33.8. The van der Waals surface area contributed by atoms with Crippen LogP contribution >= 0.6 is 0 Å². The van der Waals surface area contributed by atoms with Crippen LogP contribution in [0.25, 0.3) is 12.2 Å². The number of allylic oxidation sites excluding steroid dienone is 1. The molecule has 1 spiro atoms. The van der Waals surface area contributed by atoms with Crippen LogP contribution in [0.1, 0.15) is 94.9 Å². The number of nitrogens with zero attached hydrogens (tertiary/aromatic N) is 1. The van der Waals surface area contributed by atoms with E-state index >= 15 is 8.78 Å². The van der Waals surface area contributed by atoms with Crippen molar-refractivity contribution in [2.45, 2.75) is 107 Å². The van der Waals surface area contributed by atoms with Crippen LogP contribution in [0.15, 0.2) is 59.8 Å². The number of aromatic nitrogens is 1. The minimum absolute atomic E-state index is 0.0494. The fourth-order valence-corrected chi connectivity index (χ4v) is 9.80. The lowest BCUT2D eigenvalue weighted by Crippen LogP contribution is -2.65. The van der Waals surface area contributed by atoms with Gasteiger partial charge >= 0.3 is 12.1 Å². The van der Waals surface area contributed by atoms with Crippen LogP contribution in [-0.2, 0) is 9.47 Å². The molecule has 2 aromatic rings. The van der Waals surface area contributed by atoms with E-state index in [0.29, 0.717) is 38.9 Å². The van der Waals surface area contributed by atoms with E-state index < -0.39 is 52.8 Å². The van der Waals surface area contributed by atoms with E-state index in [0.717, 1.165) is 28.0 Å². The number of fused-ring (bicyclic) bond motifs is 4. The molecule has 1 aliphatic heterocycles. The predicted octanol–water partition coefficient (Wildman–Crippen LogP) is 8.48. The Kier molecular flexibility index (Phi) is 7.87. The second-order valence-corrected chi connectivity index (χ2v) is 15.9. The van der Waals surface area contributed by atoms with Crippen molar-refractivity contribution in [3.8, 4) is 0 Å². The highest BCUT2D eigenvalue weighted by Crippen LogP contribution is 2.71. The summed E-state index contributed by atoms with van der Waals surface area (Å²) in [5.41, 5.74) is -2.21. The zero-order valence-electron chi connectivity index (χ0n) is 27.6. The molecular formula is C38H44F5NO4. The van der Waals surface area contributed by atoms with Crippen molar-refractivity contribution in [2.75, 3.05) is 13.2 Å². The summed E-state index contributed by atoms with van der Waals surface area (Å²) in [7, 11) is 0. The van der Waals surface area contributed by atoms with Gasteiger partial charge in [-0.2, -0.15) is 22.0 Å². The van der Waals surface area contributed by atoms with Crippen LogP contribution in [0.5, 0.6) is 0 Å². The maximum atomic E-state index is 15.4. The number of halogens is 5. The monoisotopic (exact) mass is 673 g/mol. The molecule has 0 unspecified atom stereocenters. The smallest absolute Gasteiger partial charge is 0.385 e. The molecule has 5 nitrogen and oxygen atoms in total. The Morgan fingerprint density at radius 3 is 2.23 bits per heavy atom. The maximum Gasteiger partial charge on any atom is 0.456 e. The number of hydrogen-bond acceptors (Lipinski definition) is 5. The first-order valence-electron chi connectivity index (χ1n) is 17.0. The summed E-state index contributed by atoms with van der Waals surface area (Å²) in [5, 5.41) is 24.0. The van der Waals surface area contributed by atoms with Crippen molar-refractivity contribution in [2.24, 2.45) is 22.7 Å².